The van der Waals surface area contributed by atoms with Gasteiger partial charge in [0, 0.05) is 11.1 Å². The zero-order valence-electron chi connectivity index (χ0n) is 8.07. The standard InChI is InChI=1S/C10H8N2O4/c13-11-9(7-1-3-15-5-7)10(12-14)8-2-4-16-6-8/h1-6,13-14H/b11-9+,12-10+. The van der Waals surface area contributed by atoms with Gasteiger partial charge >= 0.3 is 0 Å². The van der Waals surface area contributed by atoms with E-state index in [1.165, 1.54) is 25.1 Å². The minimum atomic E-state index is 0.0950. The van der Waals surface area contributed by atoms with Gasteiger partial charge in [-0.1, -0.05) is 10.3 Å². The Morgan fingerprint density at radius 3 is 1.56 bits per heavy atom. The molecule has 0 spiro atoms. The molecule has 2 heterocycles. The first kappa shape index (κ1) is 10.0. The zero-order valence-corrected chi connectivity index (χ0v) is 8.07. The van der Waals surface area contributed by atoms with Crippen LogP contribution in [-0.4, -0.2) is 21.8 Å². The van der Waals surface area contributed by atoms with Crippen LogP contribution in [0.4, 0.5) is 0 Å². The Bertz CT molecular complexity index is 449. The fourth-order valence-electron chi connectivity index (χ4n) is 1.28. The summed E-state index contributed by atoms with van der Waals surface area (Å²) in [6.45, 7) is 0. The van der Waals surface area contributed by atoms with Crippen LogP contribution in [0.25, 0.3) is 0 Å². The van der Waals surface area contributed by atoms with Crippen molar-refractivity contribution >= 4 is 11.4 Å². The first-order chi connectivity index (χ1) is 7.86. The predicted octanol–water partition coefficient (Wildman–Crippen LogP) is 1.93. The van der Waals surface area contributed by atoms with E-state index >= 15 is 0 Å². The summed E-state index contributed by atoms with van der Waals surface area (Å²) in [5.74, 6) is 0. The molecule has 0 aliphatic heterocycles. The molecule has 6 nitrogen and oxygen atoms in total. The largest absolute Gasteiger partial charge is 0.472 e. The van der Waals surface area contributed by atoms with Crippen molar-refractivity contribution in [1.29, 1.82) is 0 Å². The Morgan fingerprint density at radius 1 is 0.875 bits per heavy atom. The Hall–Kier alpha value is -2.50. The first-order valence-electron chi connectivity index (χ1n) is 4.36. The van der Waals surface area contributed by atoms with Gasteiger partial charge < -0.3 is 19.2 Å². The molecule has 2 aromatic heterocycles. The lowest BCUT2D eigenvalue weighted by Crippen LogP contribution is -2.16. The van der Waals surface area contributed by atoms with Crippen molar-refractivity contribution in [3.05, 3.63) is 48.3 Å². The van der Waals surface area contributed by atoms with Gasteiger partial charge in [0.1, 0.15) is 11.4 Å². The molecule has 0 atom stereocenters. The molecule has 0 unspecified atom stereocenters. The molecular formula is C10H8N2O4. The third kappa shape index (κ3) is 1.68. The van der Waals surface area contributed by atoms with Crippen LogP contribution >= 0.6 is 0 Å². The molecule has 82 valence electrons. The van der Waals surface area contributed by atoms with E-state index in [1.807, 2.05) is 0 Å². The minimum Gasteiger partial charge on any atom is -0.472 e. The van der Waals surface area contributed by atoms with Gasteiger partial charge in [-0.3, -0.25) is 0 Å². The maximum atomic E-state index is 8.92. The molecule has 0 fully saturated rings. The quantitative estimate of drug-likeness (QED) is 0.469. The summed E-state index contributed by atoms with van der Waals surface area (Å²) in [7, 11) is 0. The van der Waals surface area contributed by atoms with E-state index in [1.54, 1.807) is 12.1 Å². The highest BCUT2D eigenvalue weighted by atomic mass is 16.4. The lowest BCUT2D eigenvalue weighted by molar-refractivity contribution is 0.314. The molecule has 6 heteroatoms. The molecule has 2 aromatic rings. The summed E-state index contributed by atoms with van der Waals surface area (Å²) in [6.07, 6.45) is 5.59. The number of hydrogen-bond donors (Lipinski definition) is 2. The van der Waals surface area contributed by atoms with Gasteiger partial charge in [-0.15, -0.1) is 0 Å². The first-order valence-corrected chi connectivity index (χ1v) is 4.36. The van der Waals surface area contributed by atoms with Gasteiger partial charge in [0.2, 0.25) is 0 Å². The van der Waals surface area contributed by atoms with Crippen molar-refractivity contribution in [3.8, 4) is 0 Å². The Kier molecular flexibility index (Phi) is 2.73. The third-order valence-corrected chi connectivity index (χ3v) is 2.01. The van der Waals surface area contributed by atoms with Gasteiger partial charge in [0.05, 0.1) is 25.1 Å². The maximum absolute atomic E-state index is 8.92. The van der Waals surface area contributed by atoms with Gasteiger partial charge in [0.15, 0.2) is 0 Å². The topological polar surface area (TPSA) is 91.5 Å². The maximum Gasteiger partial charge on any atom is 0.142 e. The molecule has 0 amide bonds. The number of nitrogens with zero attached hydrogens (tertiary/aromatic N) is 2. The summed E-state index contributed by atoms with van der Waals surface area (Å²) in [5, 5.41) is 24.0. The van der Waals surface area contributed by atoms with E-state index in [4.69, 9.17) is 19.2 Å². The summed E-state index contributed by atoms with van der Waals surface area (Å²) >= 11 is 0. The van der Waals surface area contributed by atoms with Crippen molar-refractivity contribution in [2.45, 2.75) is 0 Å². The van der Waals surface area contributed by atoms with E-state index in [-0.39, 0.29) is 11.4 Å². The molecule has 0 bridgehead atoms. The Morgan fingerprint density at radius 2 is 1.31 bits per heavy atom. The van der Waals surface area contributed by atoms with Crippen LogP contribution in [0.5, 0.6) is 0 Å². The predicted molar refractivity (Wildman–Crippen MR) is 54.1 cm³/mol. The molecule has 16 heavy (non-hydrogen) atoms. The highest BCUT2D eigenvalue weighted by Crippen LogP contribution is 2.10. The normalized spacial score (nSPS) is 13.0. The van der Waals surface area contributed by atoms with Crippen molar-refractivity contribution in [1.82, 2.24) is 0 Å². The monoisotopic (exact) mass is 220 g/mol. The molecule has 0 radical (unpaired) electrons. The molecule has 0 saturated carbocycles. The number of rotatable bonds is 3. The average molecular weight is 220 g/mol. The van der Waals surface area contributed by atoms with Crippen molar-refractivity contribution < 1.29 is 19.2 Å². The molecule has 0 aliphatic rings. The highest BCUT2D eigenvalue weighted by Gasteiger charge is 2.17. The lowest BCUT2D eigenvalue weighted by Gasteiger charge is -2.01. The van der Waals surface area contributed by atoms with Gasteiger partial charge in [-0.25, -0.2) is 0 Å². The van der Waals surface area contributed by atoms with Crippen molar-refractivity contribution in [2.75, 3.05) is 0 Å². The second kappa shape index (κ2) is 4.35. The van der Waals surface area contributed by atoms with E-state index < -0.39 is 0 Å². The van der Waals surface area contributed by atoms with Crippen LogP contribution < -0.4 is 0 Å². The smallest absolute Gasteiger partial charge is 0.142 e. The van der Waals surface area contributed by atoms with Crippen molar-refractivity contribution in [2.24, 2.45) is 10.3 Å². The van der Waals surface area contributed by atoms with Gasteiger partial charge in [-0.05, 0) is 12.1 Å². The average Bonchev–Trinajstić information content (AvgIpc) is 2.97. The molecule has 0 aromatic carbocycles. The minimum absolute atomic E-state index is 0.0950. The number of oxime groups is 2. The van der Waals surface area contributed by atoms with Gasteiger partial charge in [-0.2, -0.15) is 0 Å². The van der Waals surface area contributed by atoms with Crippen LogP contribution in [0.3, 0.4) is 0 Å². The number of hydrogen-bond acceptors (Lipinski definition) is 6. The summed E-state index contributed by atoms with van der Waals surface area (Å²) in [6, 6.07) is 3.17. The second-order valence-corrected chi connectivity index (χ2v) is 2.92. The summed E-state index contributed by atoms with van der Waals surface area (Å²) < 4.78 is 9.71. The molecular weight excluding hydrogens is 212 g/mol. The molecule has 2 N–H and O–H groups in total. The number of furan rings is 2. The fourth-order valence-corrected chi connectivity index (χ4v) is 1.28. The van der Waals surface area contributed by atoms with E-state index in [0.29, 0.717) is 11.1 Å². The Labute approximate surface area is 90.1 Å². The lowest BCUT2D eigenvalue weighted by atomic mass is 10.1. The van der Waals surface area contributed by atoms with Crippen LogP contribution in [-0.2, 0) is 0 Å². The SMILES string of the molecule is O/N=C(/C(=N/O)c1ccoc1)c1ccoc1. The van der Waals surface area contributed by atoms with Crippen LogP contribution in [0.15, 0.2) is 56.3 Å². The van der Waals surface area contributed by atoms with Crippen LogP contribution in [0.1, 0.15) is 11.1 Å². The fraction of sp³-hybridized carbons (Fsp3) is 0. The van der Waals surface area contributed by atoms with E-state index in [2.05, 4.69) is 10.3 Å². The summed E-state index contributed by atoms with van der Waals surface area (Å²) in [5.41, 5.74) is 1.18. The highest BCUT2D eigenvalue weighted by molar-refractivity contribution is 6.53. The van der Waals surface area contributed by atoms with Crippen LogP contribution in [0, 0.1) is 0 Å². The van der Waals surface area contributed by atoms with E-state index in [0.717, 1.165) is 0 Å². The summed E-state index contributed by atoms with van der Waals surface area (Å²) in [4.78, 5) is 0. The Balaban J connectivity index is 2.43. The third-order valence-electron chi connectivity index (χ3n) is 2.01. The van der Waals surface area contributed by atoms with E-state index in [9.17, 15) is 0 Å². The van der Waals surface area contributed by atoms with Crippen molar-refractivity contribution in [3.63, 3.8) is 0 Å². The van der Waals surface area contributed by atoms with Gasteiger partial charge in [0.25, 0.3) is 0 Å². The zero-order chi connectivity index (χ0) is 11.4. The molecule has 0 saturated heterocycles. The van der Waals surface area contributed by atoms with Crippen LogP contribution in [0.2, 0.25) is 0 Å². The molecule has 0 aliphatic carbocycles. The second-order valence-electron chi connectivity index (χ2n) is 2.92. The molecule has 2 rings (SSSR count).